The maximum Gasteiger partial charge on any atom is 0.435 e. The molecule has 0 bridgehead atoms. The Morgan fingerprint density at radius 3 is 2.74 bits per heavy atom. The fourth-order valence-electron chi connectivity index (χ4n) is 2.73. The first-order chi connectivity index (χ1) is 12.6. The summed E-state index contributed by atoms with van der Waals surface area (Å²) in [6.45, 7) is -0.240. The van der Waals surface area contributed by atoms with E-state index < -0.39 is 27.7 Å². The minimum atomic E-state index is -4.62. The van der Waals surface area contributed by atoms with Crippen LogP contribution in [0.25, 0.3) is 0 Å². The third kappa shape index (κ3) is 4.26. The third-order valence-electron chi connectivity index (χ3n) is 3.98. The van der Waals surface area contributed by atoms with Gasteiger partial charge in [-0.25, -0.2) is 17.5 Å². The Morgan fingerprint density at radius 1 is 1.33 bits per heavy atom. The van der Waals surface area contributed by atoms with Crippen molar-refractivity contribution in [2.24, 2.45) is 0 Å². The van der Waals surface area contributed by atoms with E-state index in [1.807, 2.05) is 0 Å². The van der Waals surface area contributed by atoms with Gasteiger partial charge in [0.05, 0.1) is 29.7 Å². The van der Waals surface area contributed by atoms with Gasteiger partial charge in [0.15, 0.2) is 5.69 Å². The Balaban J connectivity index is 1.75. The normalized spacial score (nSPS) is 15.0. The van der Waals surface area contributed by atoms with Gasteiger partial charge in [-0.1, -0.05) is 11.6 Å². The van der Waals surface area contributed by atoms with Crippen LogP contribution in [0.5, 0.6) is 0 Å². The average Bonchev–Trinajstić information content (AvgIpc) is 2.96. The smallest absolute Gasteiger partial charge is 0.376 e. The lowest BCUT2D eigenvalue weighted by atomic mass is 10.1. The number of benzene rings is 1. The fraction of sp³-hybridized carbons (Fsp3) is 0.400. The van der Waals surface area contributed by atoms with Crippen LogP contribution in [0.1, 0.15) is 17.0 Å². The summed E-state index contributed by atoms with van der Waals surface area (Å²) in [4.78, 5) is -0.249. The first kappa shape index (κ1) is 20.1. The van der Waals surface area contributed by atoms with Crippen molar-refractivity contribution in [1.29, 1.82) is 0 Å². The predicted octanol–water partition coefficient (Wildman–Crippen LogP) is 2.75. The van der Waals surface area contributed by atoms with Crippen LogP contribution >= 0.6 is 11.6 Å². The minimum Gasteiger partial charge on any atom is -0.376 e. The van der Waals surface area contributed by atoms with E-state index in [2.05, 4.69) is 9.82 Å². The summed E-state index contributed by atoms with van der Waals surface area (Å²) >= 11 is 5.57. The molecule has 6 nitrogen and oxygen atoms in total. The zero-order valence-corrected chi connectivity index (χ0v) is 15.3. The topological polar surface area (TPSA) is 73.2 Å². The molecule has 0 spiro atoms. The summed E-state index contributed by atoms with van der Waals surface area (Å²) in [5.74, 6) is -0.763. The standard InChI is InChI=1S/C15H14ClF4N3O3S/c16-11-7-9(1-2-12(11)17)27(24,25)21-4-5-23-13-3-6-26-8-10(13)14(22-23)15(18,19)20/h1-2,7,21H,3-6,8H2. The van der Waals surface area contributed by atoms with Crippen LogP contribution in [0.2, 0.25) is 5.02 Å². The van der Waals surface area contributed by atoms with Crippen LogP contribution in [0.4, 0.5) is 17.6 Å². The molecule has 2 heterocycles. The van der Waals surface area contributed by atoms with Crippen LogP contribution in [0.3, 0.4) is 0 Å². The van der Waals surface area contributed by atoms with Crippen molar-refractivity contribution in [3.8, 4) is 0 Å². The third-order valence-corrected chi connectivity index (χ3v) is 5.73. The number of nitrogens with one attached hydrogen (secondary N) is 1. The zero-order chi connectivity index (χ0) is 19.8. The average molecular weight is 428 g/mol. The van der Waals surface area contributed by atoms with Gasteiger partial charge in [-0.05, 0) is 18.2 Å². The van der Waals surface area contributed by atoms with Gasteiger partial charge in [-0.3, -0.25) is 4.68 Å². The molecule has 1 N–H and O–H groups in total. The molecule has 1 aliphatic heterocycles. The van der Waals surface area contributed by atoms with Gasteiger partial charge in [-0.15, -0.1) is 0 Å². The maximum absolute atomic E-state index is 13.2. The molecule has 0 fully saturated rings. The molecule has 0 radical (unpaired) electrons. The van der Waals surface area contributed by atoms with Gasteiger partial charge in [0.25, 0.3) is 0 Å². The van der Waals surface area contributed by atoms with Crippen molar-refractivity contribution < 1.29 is 30.7 Å². The van der Waals surface area contributed by atoms with Crippen LogP contribution in [-0.2, 0) is 40.5 Å². The van der Waals surface area contributed by atoms with Gasteiger partial charge in [-0.2, -0.15) is 18.3 Å². The number of ether oxygens (including phenoxy) is 1. The molecular formula is C15H14ClF4N3O3S. The van der Waals surface area contributed by atoms with E-state index in [9.17, 15) is 26.0 Å². The van der Waals surface area contributed by atoms with Crippen molar-refractivity contribution in [2.75, 3.05) is 13.2 Å². The summed E-state index contributed by atoms with van der Waals surface area (Å²) in [5, 5.41) is 3.23. The van der Waals surface area contributed by atoms with Crippen LogP contribution in [0, 0.1) is 5.82 Å². The molecule has 2 aromatic rings. The summed E-state index contributed by atoms with van der Waals surface area (Å²) < 4.78 is 85.4. The van der Waals surface area contributed by atoms with Gasteiger partial charge in [0, 0.05) is 24.2 Å². The van der Waals surface area contributed by atoms with Crippen molar-refractivity contribution in [2.45, 2.75) is 30.6 Å². The lowest BCUT2D eigenvalue weighted by Crippen LogP contribution is -2.28. The number of nitrogens with zero attached hydrogens (tertiary/aromatic N) is 2. The molecule has 27 heavy (non-hydrogen) atoms. The second kappa shape index (κ2) is 7.38. The molecule has 148 valence electrons. The lowest BCUT2D eigenvalue weighted by Gasteiger charge is -2.15. The molecule has 3 rings (SSSR count). The molecule has 0 saturated heterocycles. The first-order valence-corrected chi connectivity index (χ1v) is 9.64. The number of aromatic nitrogens is 2. The molecule has 0 aliphatic carbocycles. The number of fused-ring (bicyclic) bond motifs is 1. The van der Waals surface area contributed by atoms with Gasteiger partial charge in [0.2, 0.25) is 10.0 Å². The molecule has 0 atom stereocenters. The highest BCUT2D eigenvalue weighted by Gasteiger charge is 2.39. The molecule has 1 aromatic heterocycles. The van der Waals surface area contributed by atoms with E-state index in [4.69, 9.17) is 16.3 Å². The largest absolute Gasteiger partial charge is 0.435 e. The van der Waals surface area contributed by atoms with Crippen LogP contribution in [0.15, 0.2) is 23.1 Å². The van der Waals surface area contributed by atoms with Crippen molar-refractivity contribution in [1.82, 2.24) is 14.5 Å². The molecular weight excluding hydrogens is 414 g/mol. The van der Waals surface area contributed by atoms with Crippen LogP contribution < -0.4 is 4.72 Å². The van der Waals surface area contributed by atoms with E-state index in [1.165, 1.54) is 0 Å². The number of halogens is 5. The predicted molar refractivity (Wildman–Crippen MR) is 87.2 cm³/mol. The summed E-state index contributed by atoms with van der Waals surface area (Å²) in [7, 11) is -4.00. The summed E-state index contributed by atoms with van der Waals surface area (Å²) in [6.07, 6.45) is -4.38. The summed E-state index contributed by atoms with van der Waals surface area (Å²) in [6, 6.07) is 2.91. The fourth-order valence-corrected chi connectivity index (χ4v) is 4.03. The lowest BCUT2D eigenvalue weighted by molar-refractivity contribution is -0.142. The van der Waals surface area contributed by atoms with Crippen molar-refractivity contribution in [3.05, 3.63) is 46.0 Å². The Hall–Kier alpha value is -1.69. The first-order valence-electron chi connectivity index (χ1n) is 7.78. The highest BCUT2D eigenvalue weighted by Crippen LogP contribution is 2.34. The van der Waals surface area contributed by atoms with E-state index in [0.29, 0.717) is 5.69 Å². The number of alkyl halides is 3. The molecule has 1 aromatic carbocycles. The van der Waals surface area contributed by atoms with Gasteiger partial charge >= 0.3 is 6.18 Å². The van der Waals surface area contributed by atoms with Crippen molar-refractivity contribution >= 4 is 21.6 Å². The molecule has 0 saturated carbocycles. The zero-order valence-electron chi connectivity index (χ0n) is 13.7. The highest BCUT2D eigenvalue weighted by molar-refractivity contribution is 7.89. The molecule has 0 amide bonds. The van der Waals surface area contributed by atoms with E-state index in [0.717, 1.165) is 22.9 Å². The molecule has 0 unspecified atom stereocenters. The Bertz CT molecular complexity index is 960. The van der Waals surface area contributed by atoms with Gasteiger partial charge < -0.3 is 4.74 Å². The summed E-state index contributed by atoms with van der Waals surface area (Å²) in [5.41, 5.74) is -0.676. The number of rotatable bonds is 5. The minimum absolute atomic E-state index is 0.0260. The Morgan fingerprint density at radius 2 is 2.07 bits per heavy atom. The highest BCUT2D eigenvalue weighted by atomic mass is 35.5. The monoisotopic (exact) mass is 427 g/mol. The molecule has 1 aliphatic rings. The SMILES string of the molecule is O=S(=O)(NCCn1nc(C(F)(F)F)c2c1CCOC2)c1ccc(F)c(Cl)c1. The number of sulfonamides is 1. The number of hydrogen-bond donors (Lipinski definition) is 1. The van der Waals surface area contributed by atoms with E-state index in [-0.39, 0.29) is 48.2 Å². The maximum atomic E-state index is 13.2. The molecule has 12 heteroatoms. The van der Waals surface area contributed by atoms with Crippen molar-refractivity contribution in [3.63, 3.8) is 0 Å². The Kier molecular flexibility index (Phi) is 5.48. The Labute approximate surface area is 157 Å². The van der Waals surface area contributed by atoms with Gasteiger partial charge in [0.1, 0.15) is 5.82 Å². The second-order valence-electron chi connectivity index (χ2n) is 5.77. The number of hydrogen-bond acceptors (Lipinski definition) is 4. The van der Waals surface area contributed by atoms with E-state index >= 15 is 0 Å². The second-order valence-corrected chi connectivity index (χ2v) is 7.95. The quantitative estimate of drug-likeness (QED) is 0.745. The van der Waals surface area contributed by atoms with Crippen LogP contribution in [-0.4, -0.2) is 31.3 Å². The van der Waals surface area contributed by atoms with E-state index in [1.54, 1.807) is 0 Å².